The number of piperidine rings is 1. The van der Waals surface area contributed by atoms with E-state index < -0.39 is 0 Å². The molecule has 3 unspecified atom stereocenters. The fraction of sp³-hybridized carbons (Fsp3) is 1.00. The van der Waals surface area contributed by atoms with Crippen molar-refractivity contribution in [1.29, 1.82) is 0 Å². The van der Waals surface area contributed by atoms with Crippen LogP contribution in [0.4, 0.5) is 0 Å². The summed E-state index contributed by atoms with van der Waals surface area (Å²) < 4.78 is 0. The second-order valence-electron chi connectivity index (χ2n) is 6.16. The Kier molecular flexibility index (Phi) is 3.69. The molecule has 1 N–H and O–H groups in total. The van der Waals surface area contributed by atoms with Crippen LogP contribution in [0, 0.1) is 0 Å². The van der Waals surface area contributed by atoms with Gasteiger partial charge in [0.25, 0.3) is 0 Å². The van der Waals surface area contributed by atoms with Crippen molar-refractivity contribution in [3.05, 3.63) is 0 Å². The highest BCUT2D eigenvalue weighted by Crippen LogP contribution is 2.30. The monoisotopic (exact) mass is 237 g/mol. The van der Waals surface area contributed by atoms with Gasteiger partial charge in [0.05, 0.1) is 0 Å². The molecular weight excluding hydrogens is 210 g/mol. The number of nitrogens with one attached hydrogen (secondary N) is 1. The van der Waals surface area contributed by atoms with E-state index in [2.05, 4.69) is 22.0 Å². The van der Waals surface area contributed by atoms with Crippen molar-refractivity contribution in [2.24, 2.45) is 0 Å². The number of fused-ring (bicyclic) bond motifs is 1. The molecule has 3 heteroatoms. The van der Waals surface area contributed by atoms with Gasteiger partial charge in [-0.05, 0) is 52.2 Å². The maximum atomic E-state index is 3.61. The van der Waals surface area contributed by atoms with Gasteiger partial charge in [-0.3, -0.25) is 9.80 Å². The lowest BCUT2D eigenvalue weighted by Gasteiger charge is -2.38. The van der Waals surface area contributed by atoms with E-state index in [0.717, 1.165) is 12.1 Å². The third kappa shape index (κ3) is 2.51. The van der Waals surface area contributed by atoms with Gasteiger partial charge in [-0.2, -0.15) is 0 Å². The van der Waals surface area contributed by atoms with Gasteiger partial charge in [-0.15, -0.1) is 0 Å². The molecule has 0 aliphatic carbocycles. The average molecular weight is 237 g/mol. The first-order valence-electron chi connectivity index (χ1n) is 7.56. The van der Waals surface area contributed by atoms with E-state index >= 15 is 0 Å². The first-order chi connectivity index (χ1) is 8.34. The van der Waals surface area contributed by atoms with Gasteiger partial charge in [-0.25, -0.2) is 0 Å². The molecule has 3 aliphatic heterocycles. The van der Waals surface area contributed by atoms with E-state index in [0.29, 0.717) is 6.04 Å². The summed E-state index contributed by atoms with van der Waals surface area (Å²) in [5, 5.41) is 3.61. The zero-order valence-electron chi connectivity index (χ0n) is 11.2. The van der Waals surface area contributed by atoms with Crippen LogP contribution in [0.5, 0.6) is 0 Å². The summed E-state index contributed by atoms with van der Waals surface area (Å²) in [4.78, 5) is 5.55. The summed E-state index contributed by atoms with van der Waals surface area (Å²) in [7, 11) is 0. The standard InChI is InChI=1S/C14H27N3/c1-12-11-17(9-4-7-15-12)14-6-10-16-8-3-2-5-13(14)16/h12-15H,2-11H2,1H3. The average Bonchev–Trinajstić information content (AvgIpc) is 2.66. The molecular formula is C14H27N3. The molecule has 3 aliphatic rings. The van der Waals surface area contributed by atoms with Crippen molar-refractivity contribution in [2.45, 2.75) is 57.2 Å². The summed E-state index contributed by atoms with van der Waals surface area (Å²) in [6, 6.07) is 2.42. The predicted molar refractivity (Wildman–Crippen MR) is 71.3 cm³/mol. The van der Waals surface area contributed by atoms with Crippen LogP contribution in [0.3, 0.4) is 0 Å². The smallest absolute Gasteiger partial charge is 0.0264 e. The van der Waals surface area contributed by atoms with Crippen LogP contribution in [0.25, 0.3) is 0 Å². The van der Waals surface area contributed by atoms with Crippen molar-refractivity contribution in [3.63, 3.8) is 0 Å². The van der Waals surface area contributed by atoms with E-state index in [-0.39, 0.29) is 0 Å². The molecule has 0 bridgehead atoms. The SMILES string of the molecule is CC1CN(C2CCN3CCCCC23)CCCN1. The molecule has 3 atom stereocenters. The van der Waals surface area contributed by atoms with Crippen LogP contribution in [-0.2, 0) is 0 Å². The van der Waals surface area contributed by atoms with Crippen LogP contribution >= 0.6 is 0 Å². The molecule has 3 fully saturated rings. The highest BCUT2D eigenvalue weighted by molar-refractivity contribution is 4.96. The Hall–Kier alpha value is -0.120. The van der Waals surface area contributed by atoms with E-state index in [4.69, 9.17) is 0 Å². The predicted octanol–water partition coefficient (Wildman–Crippen LogP) is 1.30. The summed E-state index contributed by atoms with van der Waals surface area (Å²) in [6.45, 7) is 8.84. The van der Waals surface area contributed by atoms with E-state index in [1.165, 1.54) is 64.8 Å². The molecule has 0 radical (unpaired) electrons. The van der Waals surface area contributed by atoms with Crippen molar-refractivity contribution in [3.8, 4) is 0 Å². The normalized spacial score (nSPS) is 41.1. The van der Waals surface area contributed by atoms with Crippen LogP contribution in [0.15, 0.2) is 0 Å². The Bertz CT molecular complexity index is 256. The minimum Gasteiger partial charge on any atom is -0.313 e. The summed E-state index contributed by atoms with van der Waals surface area (Å²) >= 11 is 0. The van der Waals surface area contributed by atoms with Gasteiger partial charge >= 0.3 is 0 Å². The Morgan fingerprint density at radius 3 is 2.65 bits per heavy atom. The minimum atomic E-state index is 0.676. The van der Waals surface area contributed by atoms with Crippen molar-refractivity contribution in [1.82, 2.24) is 15.1 Å². The fourth-order valence-corrected chi connectivity index (χ4v) is 4.09. The van der Waals surface area contributed by atoms with E-state index in [1.54, 1.807) is 0 Å². The minimum absolute atomic E-state index is 0.676. The molecule has 17 heavy (non-hydrogen) atoms. The molecule has 98 valence electrons. The summed E-state index contributed by atoms with van der Waals surface area (Å²) in [5.41, 5.74) is 0. The van der Waals surface area contributed by atoms with Gasteiger partial charge in [0.2, 0.25) is 0 Å². The van der Waals surface area contributed by atoms with E-state index in [9.17, 15) is 0 Å². The third-order valence-corrected chi connectivity index (χ3v) is 4.91. The van der Waals surface area contributed by atoms with Crippen molar-refractivity contribution in [2.75, 3.05) is 32.7 Å². The summed E-state index contributed by atoms with van der Waals surface area (Å²) in [6.07, 6.45) is 7.08. The maximum Gasteiger partial charge on any atom is 0.0264 e. The number of nitrogens with zero attached hydrogens (tertiary/aromatic N) is 2. The lowest BCUT2D eigenvalue weighted by molar-refractivity contribution is 0.113. The molecule has 0 aromatic carbocycles. The highest BCUT2D eigenvalue weighted by atomic mass is 15.3. The molecule has 0 spiro atoms. The van der Waals surface area contributed by atoms with Gasteiger partial charge in [0.15, 0.2) is 0 Å². The molecule has 3 rings (SSSR count). The quantitative estimate of drug-likeness (QED) is 0.741. The zero-order chi connectivity index (χ0) is 11.7. The Balaban J connectivity index is 1.66. The summed E-state index contributed by atoms with van der Waals surface area (Å²) in [5.74, 6) is 0. The molecule has 3 nitrogen and oxygen atoms in total. The highest BCUT2D eigenvalue weighted by Gasteiger charge is 2.38. The van der Waals surface area contributed by atoms with Gasteiger partial charge in [0.1, 0.15) is 0 Å². The number of hydrogen-bond acceptors (Lipinski definition) is 3. The molecule has 3 heterocycles. The molecule has 3 saturated heterocycles. The lowest BCUT2D eigenvalue weighted by atomic mass is 9.97. The van der Waals surface area contributed by atoms with Crippen LogP contribution < -0.4 is 5.32 Å². The van der Waals surface area contributed by atoms with Gasteiger partial charge < -0.3 is 5.32 Å². The fourth-order valence-electron chi connectivity index (χ4n) is 4.09. The molecule has 0 saturated carbocycles. The van der Waals surface area contributed by atoms with Crippen molar-refractivity contribution >= 4 is 0 Å². The van der Waals surface area contributed by atoms with Crippen LogP contribution in [-0.4, -0.2) is 60.6 Å². The first kappa shape index (κ1) is 11.9. The topological polar surface area (TPSA) is 18.5 Å². The number of rotatable bonds is 1. The van der Waals surface area contributed by atoms with Crippen LogP contribution in [0.2, 0.25) is 0 Å². The largest absolute Gasteiger partial charge is 0.313 e. The molecule has 0 aromatic heterocycles. The molecule has 0 aromatic rings. The molecule has 0 amide bonds. The first-order valence-corrected chi connectivity index (χ1v) is 7.56. The maximum absolute atomic E-state index is 3.61. The lowest BCUT2D eigenvalue weighted by Crippen LogP contribution is -2.49. The number of hydrogen-bond donors (Lipinski definition) is 1. The Morgan fingerprint density at radius 1 is 0.882 bits per heavy atom. The second kappa shape index (κ2) is 5.25. The zero-order valence-corrected chi connectivity index (χ0v) is 11.2. The van der Waals surface area contributed by atoms with Gasteiger partial charge in [-0.1, -0.05) is 6.42 Å². The third-order valence-electron chi connectivity index (χ3n) is 4.91. The van der Waals surface area contributed by atoms with E-state index in [1.807, 2.05) is 0 Å². The Morgan fingerprint density at radius 2 is 1.71 bits per heavy atom. The van der Waals surface area contributed by atoms with Crippen molar-refractivity contribution < 1.29 is 0 Å². The second-order valence-corrected chi connectivity index (χ2v) is 6.16. The Labute approximate surface area is 106 Å². The van der Waals surface area contributed by atoms with Gasteiger partial charge in [0, 0.05) is 31.2 Å². The van der Waals surface area contributed by atoms with Crippen LogP contribution in [0.1, 0.15) is 39.0 Å².